The Bertz CT molecular complexity index is 506. The van der Waals surface area contributed by atoms with Crippen LogP contribution in [-0.4, -0.2) is 55.5 Å². The van der Waals surface area contributed by atoms with Gasteiger partial charge in [0.2, 0.25) is 5.91 Å². The van der Waals surface area contributed by atoms with Crippen LogP contribution in [0.3, 0.4) is 0 Å². The molecule has 0 saturated carbocycles. The van der Waals surface area contributed by atoms with Crippen molar-refractivity contribution in [3.8, 4) is 0 Å². The van der Waals surface area contributed by atoms with Gasteiger partial charge in [-0.25, -0.2) is 4.39 Å². The SMILES string of the molecule is CN(C)C1CCCN(CC(=O)Nc2cc(F)ccc2N)C1. The Morgan fingerprint density at radius 2 is 2.29 bits per heavy atom. The van der Waals surface area contributed by atoms with Crippen LogP contribution in [0.2, 0.25) is 0 Å². The van der Waals surface area contributed by atoms with Crippen LogP contribution in [0.25, 0.3) is 0 Å². The van der Waals surface area contributed by atoms with Gasteiger partial charge in [0.05, 0.1) is 17.9 Å². The number of hydrogen-bond acceptors (Lipinski definition) is 4. The summed E-state index contributed by atoms with van der Waals surface area (Å²) in [5.41, 5.74) is 6.44. The van der Waals surface area contributed by atoms with Gasteiger partial charge in [-0.05, 0) is 51.7 Å². The van der Waals surface area contributed by atoms with E-state index in [-0.39, 0.29) is 5.91 Å². The van der Waals surface area contributed by atoms with Crippen molar-refractivity contribution in [2.45, 2.75) is 18.9 Å². The molecule has 1 heterocycles. The minimum absolute atomic E-state index is 0.160. The standard InChI is InChI=1S/C15H23FN4O/c1-19(2)12-4-3-7-20(9-12)10-15(21)18-14-8-11(16)5-6-13(14)17/h5-6,8,12H,3-4,7,9-10,17H2,1-2H3,(H,18,21). The Balaban J connectivity index is 1.91. The third-order valence-electron chi connectivity index (χ3n) is 3.87. The molecule has 0 spiro atoms. The molecule has 6 heteroatoms. The topological polar surface area (TPSA) is 61.6 Å². The number of halogens is 1. The number of likely N-dealkylation sites (tertiary alicyclic amines) is 1. The van der Waals surface area contributed by atoms with E-state index in [1.54, 1.807) is 0 Å². The summed E-state index contributed by atoms with van der Waals surface area (Å²) in [6.45, 7) is 2.09. The normalized spacial score (nSPS) is 19.7. The van der Waals surface area contributed by atoms with E-state index in [4.69, 9.17) is 5.73 Å². The number of hydrogen-bond donors (Lipinski definition) is 2. The maximum Gasteiger partial charge on any atom is 0.238 e. The highest BCUT2D eigenvalue weighted by atomic mass is 19.1. The van der Waals surface area contributed by atoms with Gasteiger partial charge in [0.15, 0.2) is 0 Å². The number of likely N-dealkylation sites (N-methyl/N-ethyl adjacent to an activating group) is 1. The third kappa shape index (κ3) is 4.41. The van der Waals surface area contributed by atoms with Crippen LogP contribution in [0.5, 0.6) is 0 Å². The molecule has 116 valence electrons. The van der Waals surface area contributed by atoms with Crippen molar-refractivity contribution in [1.29, 1.82) is 0 Å². The highest BCUT2D eigenvalue weighted by Crippen LogP contribution is 2.19. The molecule has 0 bridgehead atoms. The van der Waals surface area contributed by atoms with Gasteiger partial charge in [-0.1, -0.05) is 0 Å². The van der Waals surface area contributed by atoms with Gasteiger partial charge < -0.3 is 16.0 Å². The van der Waals surface area contributed by atoms with Gasteiger partial charge in [-0.3, -0.25) is 9.69 Å². The Morgan fingerprint density at radius 1 is 1.52 bits per heavy atom. The van der Waals surface area contributed by atoms with Crippen molar-refractivity contribution in [2.24, 2.45) is 0 Å². The van der Waals surface area contributed by atoms with E-state index in [0.29, 0.717) is 24.0 Å². The summed E-state index contributed by atoms with van der Waals surface area (Å²) in [6.07, 6.45) is 2.24. The predicted octanol–water partition coefficient (Wildman–Crippen LogP) is 1.37. The Morgan fingerprint density at radius 3 is 3.00 bits per heavy atom. The van der Waals surface area contributed by atoms with Crippen molar-refractivity contribution in [1.82, 2.24) is 9.80 Å². The molecule has 1 fully saturated rings. The number of amides is 1. The number of nitrogens with one attached hydrogen (secondary N) is 1. The van der Waals surface area contributed by atoms with Crippen molar-refractivity contribution in [3.63, 3.8) is 0 Å². The van der Waals surface area contributed by atoms with Crippen LogP contribution in [0.15, 0.2) is 18.2 Å². The molecule has 5 nitrogen and oxygen atoms in total. The van der Waals surface area contributed by atoms with Gasteiger partial charge in [0, 0.05) is 12.6 Å². The summed E-state index contributed by atoms with van der Waals surface area (Å²) in [6, 6.07) is 4.45. The zero-order valence-electron chi connectivity index (χ0n) is 12.6. The first-order valence-electron chi connectivity index (χ1n) is 7.19. The van der Waals surface area contributed by atoms with Gasteiger partial charge in [0.25, 0.3) is 0 Å². The monoisotopic (exact) mass is 294 g/mol. The molecular weight excluding hydrogens is 271 g/mol. The molecule has 1 unspecified atom stereocenters. The van der Waals surface area contributed by atoms with Gasteiger partial charge in [-0.15, -0.1) is 0 Å². The third-order valence-corrected chi connectivity index (χ3v) is 3.87. The van der Waals surface area contributed by atoms with E-state index in [2.05, 4.69) is 29.2 Å². The molecule has 2 rings (SSSR count). The Hall–Kier alpha value is -1.66. The first-order chi connectivity index (χ1) is 9.95. The average molecular weight is 294 g/mol. The minimum atomic E-state index is -0.412. The summed E-state index contributed by atoms with van der Waals surface area (Å²) in [5, 5.41) is 2.68. The lowest BCUT2D eigenvalue weighted by Crippen LogP contribution is -2.47. The average Bonchev–Trinajstić information content (AvgIpc) is 2.43. The number of carbonyl (C=O) groups is 1. The predicted molar refractivity (Wildman–Crippen MR) is 82.6 cm³/mol. The van der Waals surface area contributed by atoms with E-state index in [1.165, 1.54) is 18.2 Å². The van der Waals surface area contributed by atoms with Crippen molar-refractivity contribution in [3.05, 3.63) is 24.0 Å². The molecule has 21 heavy (non-hydrogen) atoms. The lowest BCUT2D eigenvalue weighted by atomic mass is 10.1. The summed E-state index contributed by atoms with van der Waals surface area (Å²) in [7, 11) is 4.11. The first kappa shape index (κ1) is 15.7. The van der Waals surface area contributed by atoms with E-state index in [9.17, 15) is 9.18 Å². The van der Waals surface area contributed by atoms with E-state index in [1.807, 2.05) is 0 Å². The molecule has 1 aliphatic heterocycles. The molecule has 3 N–H and O–H groups in total. The second-order valence-corrected chi connectivity index (χ2v) is 5.77. The van der Waals surface area contributed by atoms with Crippen LogP contribution in [0.1, 0.15) is 12.8 Å². The summed E-state index contributed by atoms with van der Waals surface area (Å²) >= 11 is 0. The molecule has 1 aromatic rings. The second kappa shape index (κ2) is 6.87. The number of anilines is 2. The molecule has 0 aliphatic carbocycles. The number of nitrogen functional groups attached to an aromatic ring is 1. The number of nitrogens with two attached hydrogens (primary N) is 1. The molecule has 0 aromatic heterocycles. The largest absolute Gasteiger partial charge is 0.397 e. The lowest BCUT2D eigenvalue weighted by molar-refractivity contribution is -0.117. The number of nitrogens with zero attached hydrogens (tertiary/aromatic N) is 2. The molecule has 1 saturated heterocycles. The zero-order chi connectivity index (χ0) is 15.4. The second-order valence-electron chi connectivity index (χ2n) is 5.77. The van der Waals surface area contributed by atoms with Crippen LogP contribution < -0.4 is 11.1 Å². The fourth-order valence-electron chi connectivity index (χ4n) is 2.63. The molecule has 1 atom stereocenters. The van der Waals surface area contributed by atoms with E-state index in [0.717, 1.165) is 25.9 Å². The minimum Gasteiger partial charge on any atom is -0.397 e. The zero-order valence-corrected chi connectivity index (χ0v) is 12.6. The van der Waals surface area contributed by atoms with Gasteiger partial charge in [0.1, 0.15) is 5.82 Å². The van der Waals surface area contributed by atoms with E-state index < -0.39 is 5.82 Å². The number of carbonyl (C=O) groups excluding carboxylic acids is 1. The first-order valence-corrected chi connectivity index (χ1v) is 7.19. The van der Waals surface area contributed by atoms with Crippen molar-refractivity contribution < 1.29 is 9.18 Å². The van der Waals surface area contributed by atoms with E-state index >= 15 is 0 Å². The summed E-state index contributed by atoms with van der Waals surface area (Å²) < 4.78 is 13.2. The highest BCUT2D eigenvalue weighted by Gasteiger charge is 2.22. The number of piperidine rings is 1. The van der Waals surface area contributed by atoms with Crippen LogP contribution in [0, 0.1) is 5.82 Å². The summed E-state index contributed by atoms with van der Waals surface area (Å²) in [5.74, 6) is -0.572. The number of rotatable bonds is 4. The molecule has 1 amide bonds. The molecule has 1 aliphatic rings. The molecular formula is C15H23FN4O. The maximum atomic E-state index is 13.2. The Kier molecular flexibility index (Phi) is 5.14. The quantitative estimate of drug-likeness (QED) is 0.824. The fourth-order valence-corrected chi connectivity index (χ4v) is 2.63. The van der Waals surface area contributed by atoms with Crippen LogP contribution in [-0.2, 0) is 4.79 Å². The van der Waals surface area contributed by atoms with Crippen LogP contribution in [0.4, 0.5) is 15.8 Å². The van der Waals surface area contributed by atoms with Crippen LogP contribution >= 0.6 is 0 Å². The summed E-state index contributed by atoms with van der Waals surface area (Å²) in [4.78, 5) is 16.4. The smallest absolute Gasteiger partial charge is 0.238 e. The molecule has 0 radical (unpaired) electrons. The van der Waals surface area contributed by atoms with Gasteiger partial charge in [-0.2, -0.15) is 0 Å². The highest BCUT2D eigenvalue weighted by molar-refractivity contribution is 5.95. The van der Waals surface area contributed by atoms with Crippen molar-refractivity contribution in [2.75, 3.05) is 44.8 Å². The number of benzene rings is 1. The van der Waals surface area contributed by atoms with Crippen molar-refractivity contribution >= 4 is 17.3 Å². The fraction of sp³-hybridized carbons (Fsp3) is 0.533. The Labute approximate surface area is 124 Å². The molecule has 1 aromatic carbocycles. The van der Waals surface area contributed by atoms with Gasteiger partial charge >= 0.3 is 0 Å². The maximum absolute atomic E-state index is 13.2. The lowest BCUT2D eigenvalue weighted by Gasteiger charge is -2.35.